The van der Waals surface area contributed by atoms with E-state index in [1.54, 1.807) is 11.3 Å². The Balaban J connectivity index is 2.21. The van der Waals surface area contributed by atoms with Crippen LogP contribution < -0.4 is 0 Å². The Morgan fingerprint density at radius 2 is 2.43 bits per heavy atom. The fourth-order valence-electron chi connectivity index (χ4n) is 1.59. The van der Waals surface area contributed by atoms with Gasteiger partial charge in [0.1, 0.15) is 0 Å². The smallest absolute Gasteiger partial charge is 0.334 e. The fourth-order valence-corrected chi connectivity index (χ4v) is 2.62. The number of aryl methyl sites for hydroxylation is 1. The number of carbonyl (C=O) groups excluding carboxylic acids is 1. The zero-order valence-electron chi connectivity index (χ0n) is 8.29. The summed E-state index contributed by atoms with van der Waals surface area (Å²) in [5, 5.41) is 2.13. The molecule has 74 valence electrons. The van der Waals surface area contributed by atoms with Gasteiger partial charge in [-0.3, -0.25) is 0 Å². The Morgan fingerprint density at radius 3 is 3.07 bits per heavy atom. The maximum Gasteiger partial charge on any atom is 0.334 e. The Bertz CT molecular complexity index is 401. The Labute approximate surface area is 87.2 Å². The second-order valence-electron chi connectivity index (χ2n) is 3.32. The highest BCUT2D eigenvalue weighted by Crippen LogP contribution is 2.33. The lowest BCUT2D eigenvalue weighted by Crippen LogP contribution is -2.06. The number of rotatable bonds is 2. The predicted molar refractivity (Wildman–Crippen MR) is 57.4 cm³/mol. The summed E-state index contributed by atoms with van der Waals surface area (Å²) in [5.74, 6) is -0.171. The summed E-state index contributed by atoms with van der Waals surface area (Å²) < 4.78 is 4.96. The van der Waals surface area contributed by atoms with Crippen molar-refractivity contribution in [3.05, 3.63) is 27.0 Å². The maximum absolute atomic E-state index is 11.4. The van der Waals surface area contributed by atoms with Gasteiger partial charge in [0, 0.05) is 16.9 Å². The third-order valence-electron chi connectivity index (χ3n) is 2.31. The molecule has 0 aliphatic heterocycles. The first-order valence-electron chi connectivity index (χ1n) is 4.67. The number of ether oxygens (including phenoxy) is 1. The van der Waals surface area contributed by atoms with Gasteiger partial charge in [-0.25, -0.2) is 4.79 Å². The minimum absolute atomic E-state index is 0.171. The minimum atomic E-state index is -0.171. The molecule has 0 saturated carbocycles. The number of hydrogen-bond acceptors (Lipinski definition) is 3. The monoisotopic (exact) mass is 208 g/mol. The summed E-state index contributed by atoms with van der Waals surface area (Å²) in [6.07, 6.45) is 2.70. The van der Waals surface area contributed by atoms with Crippen LogP contribution in [0.2, 0.25) is 0 Å². The molecule has 0 saturated heterocycles. The second kappa shape index (κ2) is 3.58. The summed E-state index contributed by atoms with van der Waals surface area (Å²) in [7, 11) is 0. The van der Waals surface area contributed by atoms with E-state index in [9.17, 15) is 4.79 Å². The molecule has 2 nitrogen and oxygen atoms in total. The van der Waals surface area contributed by atoms with E-state index in [-0.39, 0.29) is 5.97 Å². The first-order valence-corrected chi connectivity index (χ1v) is 5.55. The molecule has 1 aliphatic carbocycles. The molecule has 0 spiro atoms. The molecule has 0 aromatic carbocycles. The molecule has 1 heterocycles. The molecule has 2 rings (SSSR count). The van der Waals surface area contributed by atoms with E-state index in [1.807, 2.05) is 13.0 Å². The number of fused-ring (bicyclic) bond motifs is 1. The van der Waals surface area contributed by atoms with Gasteiger partial charge < -0.3 is 4.74 Å². The molecular weight excluding hydrogens is 196 g/mol. The van der Waals surface area contributed by atoms with Gasteiger partial charge in [-0.2, -0.15) is 0 Å². The van der Waals surface area contributed by atoms with Crippen molar-refractivity contribution in [2.45, 2.75) is 20.3 Å². The Morgan fingerprint density at radius 1 is 1.64 bits per heavy atom. The van der Waals surface area contributed by atoms with Gasteiger partial charge in [-0.15, -0.1) is 11.3 Å². The fraction of sp³-hybridized carbons (Fsp3) is 0.364. The highest BCUT2D eigenvalue weighted by molar-refractivity contribution is 7.10. The highest BCUT2D eigenvalue weighted by atomic mass is 32.1. The van der Waals surface area contributed by atoms with Crippen molar-refractivity contribution in [2.75, 3.05) is 6.61 Å². The lowest BCUT2D eigenvalue weighted by Gasteiger charge is -2.00. The normalized spacial score (nSPS) is 13.7. The second-order valence-corrected chi connectivity index (χ2v) is 4.29. The van der Waals surface area contributed by atoms with Crippen LogP contribution in [0, 0.1) is 6.92 Å². The summed E-state index contributed by atoms with van der Waals surface area (Å²) in [5.41, 5.74) is 3.26. The van der Waals surface area contributed by atoms with Gasteiger partial charge >= 0.3 is 5.97 Å². The number of carbonyl (C=O) groups is 1. The average molecular weight is 208 g/mol. The molecule has 0 radical (unpaired) electrons. The molecule has 0 atom stereocenters. The lowest BCUT2D eigenvalue weighted by atomic mass is 10.2. The zero-order chi connectivity index (χ0) is 10.1. The molecule has 0 fully saturated rings. The van der Waals surface area contributed by atoms with Crippen molar-refractivity contribution >= 4 is 23.4 Å². The van der Waals surface area contributed by atoms with Gasteiger partial charge in [-0.05, 0) is 36.4 Å². The van der Waals surface area contributed by atoms with Crippen LogP contribution in [-0.4, -0.2) is 12.6 Å². The minimum Gasteiger partial charge on any atom is -0.463 e. The van der Waals surface area contributed by atoms with Crippen molar-refractivity contribution in [1.82, 2.24) is 0 Å². The van der Waals surface area contributed by atoms with Crippen LogP contribution in [0.3, 0.4) is 0 Å². The lowest BCUT2D eigenvalue weighted by molar-refractivity contribution is -0.138. The third kappa shape index (κ3) is 1.48. The zero-order valence-corrected chi connectivity index (χ0v) is 9.11. The largest absolute Gasteiger partial charge is 0.463 e. The standard InChI is InChI=1S/C11H12O2S/c1-3-13-11(12)8-4-9-7(2)6-14-10(9)5-8/h4,6H,3,5H2,1-2H3. The maximum atomic E-state index is 11.4. The van der Waals surface area contributed by atoms with Crippen LogP contribution in [-0.2, 0) is 16.0 Å². The summed E-state index contributed by atoms with van der Waals surface area (Å²) in [6, 6.07) is 0. The number of thiophene rings is 1. The first kappa shape index (κ1) is 9.46. The number of esters is 1. The molecule has 1 aromatic rings. The molecule has 0 amide bonds. The van der Waals surface area contributed by atoms with Crippen molar-refractivity contribution in [3.8, 4) is 0 Å². The van der Waals surface area contributed by atoms with Crippen LogP contribution in [0.1, 0.15) is 22.9 Å². The molecule has 0 N–H and O–H groups in total. The van der Waals surface area contributed by atoms with Crippen molar-refractivity contribution in [3.63, 3.8) is 0 Å². The molecule has 14 heavy (non-hydrogen) atoms. The quantitative estimate of drug-likeness (QED) is 0.698. The van der Waals surface area contributed by atoms with Gasteiger partial charge in [0.15, 0.2) is 0 Å². The van der Waals surface area contributed by atoms with E-state index in [0.717, 1.165) is 12.0 Å². The Kier molecular flexibility index (Phi) is 2.42. The van der Waals surface area contributed by atoms with Gasteiger partial charge in [0.2, 0.25) is 0 Å². The Hall–Kier alpha value is -1.09. The van der Waals surface area contributed by atoms with Crippen molar-refractivity contribution in [2.24, 2.45) is 0 Å². The van der Waals surface area contributed by atoms with E-state index in [2.05, 4.69) is 12.3 Å². The van der Waals surface area contributed by atoms with E-state index in [1.165, 1.54) is 16.0 Å². The van der Waals surface area contributed by atoms with E-state index >= 15 is 0 Å². The summed E-state index contributed by atoms with van der Waals surface area (Å²) >= 11 is 1.72. The first-order chi connectivity index (χ1) is 6.72. The molecule has 0 unspecified atom stereocenters. The molecular formula is C11H12O2S. The van der Waals surface area contributed by atoms with Crippen LogP contribution >= 0.6 is 11.3 Å². The summed E-state index contributed by atoms with van der Waals surface area (Å²) in [4.78, 5) is 12.7. The predicted octanol–water partition coefficient (Wildman–Crippen LogP) is 2.56. The average Bonchev–Trinajstić information content (AvgIpc) is 2.69. The van der Waals surface area contributed by atoms with Crippen LogP contribution in [0.15, 0.2) is 11.0 Å². The molecule has 1 aliphatic rings. The van der Waals surface area contributed by atoms with E-state index < -0.39 is 0 Å². The summed E-state index contributed by atoms with van der Waals surface area (Å²) in [6.45, 7) is 4.34. The molecule has 0 bridgehead atoms. The van der Waals surface area contributed by atoms with Gasteiger partial charge in [0.05, 0.1) is 6.61 Å². The number of hydrogen-bond donors (Lipinski definition) is 0. The van der Waals surface area contributed by atoms with Crippen LogP contribution in [0.5, 0.6) is 0 Å². The topological polar surface area (TPSA) is 26.3 Å². The van der Waals surface area contributed by atoms with Crippen molar-refractivity contribution < 1.29 is 9.53 Å². The third-order valence-corrected chi connectivity index (χ3v) is 3.43. The van der Waals surface area contributed by atoms with E-state index in [0.29, 0.717) is 6.61 Å². The van der Waals surface area contributed by atoms with Crippen LogP contribution in [0.4, 0.5) is 0 Å². The highest BCUT2D eigenvalue weighted by Gasteiger charge is 2.21. The van der Waals surface area contributed by atoms with E-state index in [4.69, 9.17) is 4.74 Å². The SMILES string of the molecule is CCOC(=O)C1=Cc2c(C)csc2C1. The van der Waals surface area contributed by atoms with Crippen molar-refractivity contribution in [1.29, 1.82) is 0 Å². The van der Waals surface area contributed by atoms with Crippen LogP contribution in [0.25, 0.3) is 6.08 Å². The molecule has 1 aromatic heterocycles. The van der Waals surface area contributed by atoms with Gasteiger partial charge in [0.25, 0.3) is 0 Å². The molecule has 3 heteroatoms. The van der Waals surface area contributed by atoms with Gasteiger partial charge in [-0.1, -0.05) is 0 Å².